The highest BCUT2D eigenvalue weighted by Gasteiger charge is 2.10. The molecule has 0 aliphatic heterocycles. The lowest BCUT2D eigenvalue weighted by Crippen LogP contribution is -2.07. The van der Waals surface area contributed by atoms with Gasteiger partial charge < -0.3 is 4.74 Å². The summed E-state index contributed by atoms with van der Waals surface area (Å²) in [4.78, 5) is 11.6. The fraction of sp³-hybridized carbons (Fsp3) is 0.588. The lowest BCUT2D eigenvalue weighted by Gasteiger charge is -2.05. The van der Waals surface area contributed by atoms with Gasteiger partial charge in [0.05, 0.1) is 12.2 Å². The van der Waals surface area contributed by atoms with Gasteiger partial charge >= 0.3 is 5.97 Å². The van der Waals surface area contributed by atoms with Gasteiger partial charge in [-0.1, -0.05) is 51.9 Å². The topological polar surface area (TPSA) is 26.3 Å². The van der Waals surface area contributed by atoms with Crippen LogP contribution < -0.4 is 0 Å². The fourth-order valence-electron chi connectivity index (χ4n) is 2.11. The molecule has 1 aromatic carbocycles. The molecule has 0 heterocycles. The predicted molar refractivity (Wildman–Crippen MR) is 79.3 cm³/mol. The van der Waals surface area contributed by atoms with Gasteiger partial charge in [-0.2, -0.15) is 0 Å². The minimum absolute atomic E-state index is 0.0495. The molecule has 1 aromatic rings. The molecule has 2 nitrogen and oxygen atoms in total. The van der Waals surface area contributed by atoms with Crippen molar-refractivity contribution >= 4 is 5.97 Å². The molecule has 4 heteroatoms. The maximum absolute atomic E-state index is 13.0. The van der Waals surface area contributed by atoms with Gasteiger partial charge in [-0.3, -0.25) is 0 Å². The Morgan fingerprint density at radius 2 is 1.57 bits per heavy atom. The van der Waals surface area contributed by atoms with Crippen molar-refractivity contribution in [2.45, 2.75) is 58.3 Å². The van der Waals surface area contributed by atoms with E-state index >= 15 is 0 Å². The van der Waals surface area contributed by atoms with Crippen LogP contribution in [0.5, 0.6) is 0 Å². The number of hydrogen-bond acceptors (Lipinski definition) is 2. The number of hydrogen-bond donors (Lipinski definition) is 0. The summed E-state index contributed by atoms with van der Waals surface area (Å²) in [6.07, 6.45) is 9.31. The van der Waals surface area contributed by atoms with E-state index in [1.54, 1.807) is 0 Å². The SMILES string of the molecule is CCCCCCCCCCOC(=O)c1ccc(F)c(F)c1. The molecule has 0 bridgehead atoms. The molecule has 0 spiro atoms. The van der Waals surface area contributed by atoms with Gasteiger partial charge in [0.25, 0.3) is 0 Å². The van der Waals surface area contributed by atoms with E-state index in [9.17, 15) is 13.6 Å². The number of ether oxygens (including phenoxy) is 1. The Kier molecular flexibility index (Phi) is 8.63. The molecule has 0 unspecified atom stereocenters. The summed E-state index contributed by atoms with van der Waals surface area (Å²) in [7, 11) is 0. The molecule has 0 saturated carbocycles. The van der Waals surface area contributed by atoms with E-state index in [4.69, 9.17) is 4.74 Å². The molecule has 0 N–H and O–H groups in total. The number of rotatable bonds is 10. The highest BCUT2D eigenvalue weighted by Crippen LogP contribution is 2.11. The number of carbonyl (C=O) groups excluding carboxylic acids is 1. The summed E-state index contributed by atoms with van der Waals surface area (Å²) in [5, 5.41) is 0. The summed E-state index contributed by atoms with van der Waals surface area (Å²) in [5.41, 5.74) is 0.0495. The number of esters is 1. The van der Waals surface area contributed by atoms with Crippen molar-refractivity contribution in [1.29, 1.82) is 0 Å². The van der Waals surface area contributed by atoms with E-state index in [-0.39, 0.29) is 5.56 Å². The number of unbranched alkanes of at least 4 members (excludes halogenated alkanes) is 7. The van der Waals surface area contributed by atoms with Crippen LogP contribution in [0.3, 0.4) is 0 Å². The molecule has 0 aliphatic rings. The number of benzene rings is 1. The second-order valence-corrected chi connectivity index (χ2v) is 5.24. The van der Waals surface area contributed by atoms with Gasteiger partial charge in [0.15, 0.2) is 11.6 Å². The quantitative estimate of drug-likeness (QED) is 0.435. The summed E-state index contributed by atoms with van der Waals surface area (Å²) >= 11 is 0. The molecule has 0 saturated heterocycles. The Morgan fingerprint density at radius 1 is 0.952 bits per heavy atom. The van der Waals surface area contributed by atoms with Crippen LogP contribution in [-0.2, 0) is 4.74 Å². The van der Waals surface area contributed by atoms with Gasteiger partial charge in [0, 0.05) is 0 Å². The predicted octanol–water partition coefficient (Wildman–Crippen LogP) is 5.26. The Hall–Kier alpha value is -1.45. The first kappa shape index (κ1) is 17.6. The van der Waals surface area contributed by atoms with E-state index in [1.165, 1.54) is 38.2 Å². The molecule has 0 fully saturated rings. The first-order chi connectivity index (χ1) is 10.1. The van der Waals surface area contributed by atoms with E-state index in [0.29, 0.717) is 6.61 Å². The van der Waals surface area contributed by atoms with Crippen molar-refractivity contribution in [2.24, 2.45) is 0 Å². The maximum Gasteiger partial charge on any atom is 0.338 e. The second-order valence-electron chi connectivity index (χ2n) is 5.24. The zero-order chi connectivity index (χ0) is 15.5. The molecule has 1 rings (SSSR count). The van der Waals surface area contributed by atoms with Gasteiger partial charge in [-0.25, -0.2) is 13.6 Å². The zero-order valence-electron chi connectivity index (χ0n) is 12.7. The highest BCUT2D eigenvalue weighted by molar-refractivity contribution is 5.89. The van der Waals surface area contributed by atoms with E-state index in [1.807, 2.05) is 0 Å². The molecular formula is C17H24F2O2. The molecule has 21 heavy (non-hydrogen) atoms. The fourth-order valence-corrected chi connectivity index (χ4v) is 2.11. The molecule has 0 aliphatic carbocycles. The lowest BCUT2D eigenvalue weighted by atomic mass is 10.1. The van der Waals surface area contributed by atoms with E-state index in [0.717, 1.165) is 31.4 Å². The lowest BCUT2D eigenvalue weighted by molar-refractivity contribution is 0.0497. The minimum Gasteiger partial charge on any atom is -0.462 e. The third-order valence-electron chi connectivity index (χ3n) is 3.39. The van der Waals surface area contributed by atoms with Crippen molar-refractivity contribution in [1.82, 2.24) is 0 Å². The van der Waals surface area contributed by atoms with Crippen molar-refractivity contribution in [3.63, 3.8) is 0 Å². The van der Waals surface area contributed by atoms with Crippen molar-refractivity contribution in [3.8, 4) is 0 Å². The third-order valence-corrected chi connectivity index (χ3v) is 3.39. The zero-order valence-corrected chi connectivity index (χ0v) is 12.7. The molecule has 118 valence electrons. The largest absolute Gasteiger partial charge is 0.462 e. The maximum atomic E-state index is 13.0. The third kappa shape index (κ3) is 7.21. The van der Waals surface area contributed by atoms with Crippen LogP contribution in [-0.4, -0.2) is 12.6 Å². The summed E-state index contributed by atoms with van der Waals surface area (Å²) in [6.45, 7) is 2.52. The van der Waals surface area contributed by atoms with Gasteiger partial charge in [-0.05, 0) is 24.6 Å². The van der Waals surface area contributed by atoms with E-state index < -0.39 is 17.6 Å². The van der Waals surface area contributed by atoms with Crippen LogP contribution in [0.4, 0.5) is 8.78 Å². The summed E-state index contributed by atoms with van der Waals surface area (Å²) < 4.78 is 30.8. The normalized spacial score (nSPS) is 10.6. The molecule has 0 radical (unpaired) electrons. The van der Waals surface area contributed by atoms with Crippen LogP contribution in [0.25, 0.3) is 0 Å². The van der Waals surface area contributed by atoms with Crippen LogP contribution in [0.2, 0.25) is 0 Å². The Bertz CT molecular complexity index is 433. The van der Waals surface area contributed by atoms with Crippen LogP contribution in [0.1, 0.15) is 68.6 Å². The number of halogens is 2. The average Bonchev–Trinajstić information content (AvgIpc) is 2.48. The van der Waals surface area contributed by atoms with Crippen LogP contribution in [0, 0.1) is 11.6 Å². The smallest absolute Gasteiger partial charge is 0.338 e. The second kappa shape index (κ2) is 10.3. The molecule has 0 amide bonds. The minimum atomic E-state index is -1.03. The molecule has 0 atom stereocenters. The Morgan fingerprint density at radius 3 is 2.19 bits per heavy atom. The van der Waals surface area contributed by atoms with Crippen LogP contribution >= 0.6 is 0 Å². The molecular weight excluding hydrogens is 274 g/mol. The summed E-state index contributed by atoms with van der Waals surface area (Å²) in [5.74, 6) is -2.59. The van der Waals surface area contributed by atoms with Gasteiger partial charge in [0.1, 0.15) is 0 Å². The Balaban J connectivity index is 2.09. The van der Waals surface area contributed by atoms with Crippen molar-refractivity contribution < 1.29 is 18.3 Å². The van der Waals surface area contributed by atoms with Gasteiger partial charge in [0.2, 0.25) is 0 Å². The molecule has 0 aromatic heterocycles. The average molecular weight is 298 g/mol. The monoisotopic (exact) mass is 298 g/mol. The highest BCUT2D eigenvalue weighted by atomic mass is 19.2. The van der Waals surface area contributed by atoms with Crippen molar-refractivity contribution in [2.75, 3.05) is 6.61 Å². The van der Waals surface area contributed by atoms with Gasteiger partial charge in [-0.15, -0.1) is 0 Å². The van der Waals surface area contributed by atoms with Crippen LogP contribution in [0.15, 0.2) is 18.2 Å². The van der Waals surface area contributed by atoms with Crippen molar-refractivity contribution in [3.05, 3.63) is 35.4 Å². The van der Waals surface area contributed by atoms with E-state index in [2.05, 4.69) is 6.92 Å². The Labute approximate surface area is 125 Å². The standard InChI is InChI=1S/C17H24F2O2/c1-2-3-4-5-6-7-8-9-12-21-17(20)14-10-11-15(18)16(19)13-14/h10-11,13H,2-9,12H2,1H3. The first-order valence-corrected chi connectivity index (χ1v) is 7.77. The summed E-state index contributed by atoms with van der Waals surface area (Å²) in [6, 6.07) is 3.03. The number of carbonyl (C=O) groups is 1. The first-order valence-electron chi connectivity index (χ1n) is 7.77.